The van der Waals surface area contributed by atoms with Gasteiger partial charge in [0.15, 0.2) is 5.78 Å². The monoisotopic (exact) mass is 282 g/mol. The molecular formula is C14H22N2O2S. The third kappa shape index (κ3) is 5.53. The van der Waals surface area contributed by atoms with E-state index in [9.17, 15) is 9.59 Å². The summed E-state index contributed by atoms with van der Waals surface area (Å²) in [7, 11) is 1.90. The third-order valence-corrected chi connectivity index (χ3v) is 3.70. The van der Waals surface area contributed by atoms with Gasteiger partial charge in [0.1, 0.15) is 0 Å². The first-order valence-corrected chi connectivity index (χ1v) is 7.29. The molecule has 19 heavy (non-hydrogen) atoms. The van der Waals surface area contributed by atoms with E-state index in [1.54, 1.807) is 11.3 Å². The number of nitrogens with zero attached hydrogens (tertiary/aromatic N) is 1. The van der Waals surface area contributed by atoms with Crippen molar-refractivity contribution in [2.75, 3.05) is 13.6 Å². The van der Waals surface area contributed by atoms with Crippen molar-refractivity contribution in [3.63, 3.8) is 0 Å². The van der Waals surface area contributed by atoms with E-state index >= 15 is 0 Å². The van der Waals surface area contributed by atoms with E-state index in [-0.39, 0.29) is 23.7 Å². The van der Waals surface area contributed by atoms with Crippen molar-refractivity contribution in [1.29, 1.82) is 0 Å². The number of Topliss-reactive ketones (excluding diaryl/α,β-unsaturated/α-hetero) is 1. The summed E-state index contributed by atoms with van der Waals surface area (Å²) in [6.07, 6.45) is 0. The lowest BCUT2D eigenvalue weighted by Crippen LogP contribution is -2.46. The Hall–Kier alpha value is -1.20. The van der Waals surface area contributed by atoms with Crippen molar-refractivity contribution in [1.82, 2.24) is 10.2 Å². The number of carbonyl (C=O) groups is 2. The summed E-state index contributed by atoms with van der Waals surface area (Å²) in [4.78, 5) is 26.5. The van der Waals surface area contributed by atoms with E-state index in [1.807, 2.05) is 43.3 Å². The molecule has 1 atom stereocenters. The van der Waals surface area contributed by atoms with Crippen LogP contribution >= 0.6 is 11.3 Å². The number of rotatable bonds is 7. The quantitative estimate of drug-likeness (QED) is 0.831. The summed E-state index contributed by atoms with van der Waals surface area (Å²) in [5, 5.41) is 4.82. The van der Waals surface area contributed by atoms with Gasteiger partial charge < -0.3 is 5.32 Å². The minimum absolute atomic E-state index is 0.00394. The molecule has 0 radical (unpaired) electrons. The molecule has 5 heteroatoms. The van der Waals surface area contributed by atoms with Gasteiger partial charge in [-0.25, -0.2) is 0 Å². The average Bonchev–Trinajstić information content (AvgIpc) is 2.77. The van der Waals surface area contributed by atoms with Gasteiger partial charge in [0.2, 0.25) is 5.91 Å². The van der Waals surface area contributed by atoms with Crippen molar-refractivity contribution in [3.05, 3.63) is 22.4 Å². The first-order valence-electron chi connectivity index (χ1n) is 6.41. The van der Waals surface area contributed by atoms with Gasteiger partial charge in [-0.05, 0) is 31.3 Å². The van der Waals surface area contributed by atoms with Crippen molar-refractivity contribution in [3.8, 4) is 0 Å². The van der Waals surface area contributed by atoms with E-state index in [2.05, 4.69) is 5.32 Å². The van der Waals surface area contributed by atoms with Crippen LogP contribution in [0.4, 0.5) is 0 Å². The van der Waals surface area contributed by atoms with Gasteiger partial charge in [-0.2, -0.15) is 0 Å². The number of ketones is 1. The van der Waals surface area contributed by atoms with Crippen LogP contribution in [0.2, 0.25) is 0 Å². The number of hydrogen-bond acceptors (Lipinski definition) is 4. The molecule has 0 aliphatic rings. The maximum Gasteiger partial charge on any atom is 0.234 e. The standard InChI is InChI=1S/C14H22N2O2S/c1-10(2)14(11(3)17)15-13(18)9-16(4)8-12-6-5-7-19-12/h5-7,10,14H,8-9H2,1-4H3,(H,15,18). The largest absolute Gasteiger partial charge is 0.345 e. The highest BCUT2D eigenvalue weighted by molar-refractivity contribution is 7.09. The smallest absolute Gasteiger partial charge is 0.234 e. The molecule has 1 rings (SSSR count). The van der Waals surface area contributed by atoms with Crippen molar-refractivity contribution in [2.45, 2.75) is 33.4 Å². The SMILES string of the molecule is CC(=O)C(NC(=O)CN(C)Cc1cccs1)C(C)C. The van der Waals surface area contributed by atoms with Gasteiger partial charge in [0.05, 0.1) is 12.6 Å². The molecule has 1 aromatic heterocycles. The zero-order valence-corrected chi connectivity index (χ0v) is 12.8. The lowest BCUT2D eigenvalue weighted by molar-refractivity contribution is -0.128. The van der Waals surface area contributed by atoms with Gasteiger partial charge in [-0.3, -0.25) is 14.5 Å². The van der Waals surface area contributed by atoms with Crippen LogP contribution in [-0.2, 0) is 16.1 Å². The van der Waals surface area contributed by atoms with Gasteiger partial charge in [0.25, 0.3) is 0 Å². The van der Waals surface area contributed by atoms with Crippen LogP contribution in [0, 0.1) is 5.92 Å². The molecule has 4 nitrogen and oxygen atoms in total. The molecule has 1 aromatic rings. The first-order chi connectivity index (χ1) is 8.90. The van der Waals surface area contributed by atoms with E-state index in [1.165, 1.54) is 11.8 Å². The first kappa shape index (κ1) is 15.9. The molecular weight excluding hydrogens is 260 g/mol. The summed E-state index contributed by atoms with van der Waals surface area (Å²) in [5.74, 6) is 0.0151. The number of nitrogens with one attached hydrogen (secondary N) is 1. The fourth-order valence-electron chi connectivity index (χ4n) is 1.93. The minimum atomic E-state index is -0.386. The average molecular weight is 282 g/mol. The zero-order chi connectivity index (χ0) is 14.4. The maximum absolute atomic E-state index is 11.9. The van der Waals surface area contributed by atoms with Crippen LogP contribution in [0.3, 0.4) is 0 Å². The van der Waals surface area contributed by atoms with Crippen molar-refractivity contribution in [2.24, 2.45) is 5.92 Å². The Labute approximate surface area is 118 Å². The molecule has 0 aliphatic carbocycles. The fraction of sp³-hybridized carbons (Fsp3) is 0.571. The molecule has 0 saturated heterocycles. The molecule has 0 aromatic carbocycles. The second-order valence-corrected chi connectivity index (χ2v) is 6.18. The number of hydrogen-bond donors (Lipinski definition) is 1. The van der Waals surface area contributed by atoms with Crippen molar-refractivity contribution < 1.29 is 9.59 Å². The van der Waals surface area contributed by atoms with E-state index in [4.69, 9.17) is 0 Å². The van der Waals surface area contributed by atoms with Gasteiger partial charge >= 0.3 is 0 Å². The summed E-state index contributed by atoms with van der Waals surface area (Å²) < 4.78 is 0. The molecule has 0 spiro atoms. The van der Waals surface area contributed by atoms with Gasteiger partial charge in [-0.1, -0.05) is 19.9 Å². The molecule has 106 valence electrons. The summed E-state index contributed by atoms with van der Waals surface area (Å²) >= 11 is 1.67. The molecule has 1 unspecified atom stereocenters. The Morgan fingerprint density at radius 1 is 1.42 bits per heavy atom. The number of thiophene rings is 1. The van der Waals surface area contributed by atoms with Crippen LogP contribution in [0.1, 0.15) is 25.6 Å². The maximum atomic E-state index is 11.9. The zero-order valence-electron chi connectivity index (χ0n) is 12.0. The van der Waals surface area contributed by atoms with E-state index < -0.39 is 0 Å². The summed E-state index contributed by atoms with van der Waals surface area (Å²) in [6, 6.07) is 3.66. The Morgan fingerprint density at radius 3 is 2.58 bits per heavy atom. The lowest BCUT2D eigenvalue weighted by atomic mass is 10.0. The normalized spacial score (nSPS) is 12.7. The molecule has 0 bridgehead atoms. The van der Waals surface area contributed by atoms with Crippen LogP contribution in [0.5, 0.6) is 0 Å². The Kier molecular flexibility index (Phi) is 6.18. The molecule has 1 N–H and O–H groups in total. The molecule has 0 aliphatic heterocycles. The van der Waals surface area contributed by atoms with E-state index in [0.717, 1.165) is 6.54 Å². The predicted molar refractivity (Wildman–Crippen MR) is 78.1 cm³/mol. The van der Waals surface area contributed by atoms with Gasteiger partial charge in [0, 0.05) is 11.4 Å². The second kappa shape index (κ2) is 7.40. The molecule has 1 heterocycles. The van der Waals surface area contributed by atoms with Crippen LogP contribution < -0.4 is 5.32 Å². The van der Waals surface area contributed by atoms with Crippen LogP contribution in [0.25, 0.3) is 0 Å². The van der Waals surface area contributed by atoms with Crippen LogP contribution in [0.15, 0.2) is 17.5 Å². The van der Waals surface area contributed by atoms with Gasteiger partial charge in [-0.15, -0.1) is 11.3 Å². The highest BCUT2D eigenvalue weighted by Crippen LogP contribution is 2.10. The topological polar surface area (TPSA) is 49.4 Å². The fourth-order valence-corrected chi connectivity index (χ4v) is 2.71. The highest BCUT2D eigenvalue weighted by Gasteiger charge is 2.21. The molecule has 0 fully saturated rings. The molecule has 1 amide bonds. The second-order valence-electron chi connectivity index (χ2n) is 5.15. The lowest BCUT2D eigenvalue weighted by Gasteiger charge is -2.21. The minimum Gasteiger partial charge on any atom is -0.345 e. The van der Waals surface area contributed by atoms with Crippen LogP contribution in [-0.4, -0.2) is 36.2 Å². The molecule has 0 saturated carbocycles. The Balaban J connectivity index is 2.43. The number of amides is 1. The summed E-state index contributed by atoms with van der Waals surface area (Å²) in [6.45, 7) is 6.43. The number of carbonyl (C=O) groups excluding carboxylic acids is 2. The van der Waals surface area contributed by atoms with E-state index in [0.29, 0.717) is 6.54 Å². The van der Waals surface area contributed by atoms with Crippen molar-refractivity contribution >= 4 is 23.0 Å². The highest BCUT2D eigenvalue weighted by atomic mass is 32.1. The Bertz CT molecular complexity index is 415. The summed E-state index contributed by atoms with van der Waals surface area (Å²) in [5.41, 5.74) is 0. The predicted octanol–water partition coefficient (Wildman–Crippen LogP) is 1.91. The number of likely N-dealkylation sites (N-methyl/N-ethyl adjacent to an activating group) is 1. The Morgan fingerprint density at radius 2 is 2.11 bits per heavy atom. The third-order valence-electron chi connectivity index (χ3n) is 2.84.